The Hall–Kier alpha value is -1.64. The number of carboxylic acids is 1. The molecule has 1 aliphatic heterocycles. The molecule has 1 aliphatic rings. The van der Waals surface area contributed by atoms with Crippen molar-refractivity contribution < 1.29 is 19.8 Å². The molecule has 23 heavy (non-hydrogen) atoms. The fourth-order valence-electron chi connectivity index (χ4n) is 2.47. The summed E-state index contributed by atoms with van der Waals surface area (Å²) in [5.41, 5.74) is -0.770. The molecular weight excluding hydrogens is 336 g/mol. The molecule has 1 aromatic heterocycles. The minimum Gasteiger partial charge on any atom is -0.479 e. The van der Waals surface area contributed by atoms with Crippen LogP contribution >= 0.6 is 23.1 Å². The number of aliphatic hydroxyl groups is 1. The number of benzene rings is 1. The molecule has 1 fully saturated rings. The lowest BCUT2D eigenvalue weighted by Gasteiger charge is -2.35. The Kier molecular flexibility index (Phi) is 4.56. The highest BCUT2D eigenvalue weighted by Crippen LogP contribution is 2.30. The van der Waals surface area contributed by atoms with Gasteiger partial charge in [-0.25, -0.2) is 9.78 Å². The van der Waals surface area contributed by atoms with Crippen LogP contribution in [0.3, 0.4) is 0 Å². The predicted molar refractivity (Wildman–Crippen MR) is 88.7 cm³/mol. The van der Waals surface area contributed by atoms with E-state index in [2.05, 4.69) is 4.98 Å². The van der Waals surface area contributed by atoms with Crippen molar-refractivity contribution in [1.82, 2.24) is 9.88 Å². The van der Waals surface area contributed by atoms with Gasteiger partial charge in [0.25, 0.3) is 0 Å². The molecule has 2 N–H and O–H groups in total. The molecule has 6 nitrogen and oxygen atoms in total. The number of hydrogen-bond acceptors (Lipinski definition) is 6. The number of aliphatic carboxylic acids is 1. The van der Waals surface area contributed by atoms with Crippen LogP contribution < -0.4 is 0 Å². The fourth-order valence-corrected chi connectivity index (χ4v) is 4.44. The van der Waals surface area contributed by atoms with Crippen LogP contribution in [0.15, 0.2) is 28.6 Å². The number of carbonyl (C=O) groups is 2. The first kappa shape index (κ1) is 16.2. The standard InChI is InChI=1S/C15H16N2O4S2/c18-12(17-7-5-15(21,6-8-17)13(19)20)9-22-14-16-10-3-1-2-4-11(10)23-14/h1-4,21H,5-9H2,(H,19,20). The van der Waals surface area contributed by atoms with Gasteiger partial charge in [-0.2, -0.15) is 0 Å². The van der Waals surface area contributed by atoms with E-state index >= 15 is 0 Å². The third-order valence-corrected chi connectivity index (χ3v) is 6.10. The van der Waals surface area contributed by atoms with Crippen molar-refractivity contribution >= 4 is 45.2 Å². The second kappa shape index (κ2) is 6.46. The van der Waals surface area contributed by atoms with E-state index < -0.39 is 11.6 Å². The average Bonchev–Trinajstić information content (AvgIpc) is 2.96. The van der Waals surface area contributed by atoms with Crippen LogP contribution in [0, 0.1) is 0 Å². The maximum atomic E-state index is 12.2. The molecule has 0 saturated carbocycles. The van der Waals surface area contributed by atoms with Gasteiger partial charge < -0.3 is 15.1 Å². The van der Waals surface area contributed by atoms with Crippen LogP contribution in [0.1, 0.15) is 12.8 Å². The second-order valence-electron chi connectivity index (χ2n) is 5.45. The Balaban J connectivity index is 1.55. The Morgan fingerprint density at radius 3 is 2.65 bits per heavy atom. The smallest absolute Gasteiger partial charge is 0.335 e. The first-order chi connectivity index (χ1) is 11.0. The summed E-state index contributed by atoms with van der Waals surface area (Å²) in [5.74, 6) is -0.999. The van der Waals surface area contributed by atoms with E-state index in [1.807, 2.05) is 24.3 Å². The number of hydrogen-bond donors (Lipinski definition) is 2. The van der Waals surface area contributed by atoms with Crippen molar-refractivity contribution in [3.8, 4) is 0 Å². The van der Waals surface area contributed by atoms with Crippen LogP contribution in [-0.2, 0) is 9.59 Å². The fraction of sp³-hybridized carbons (Fsp3) is 0.400. The van der Waals surface area contributed by atoms with Gasteiger partial charge in [-0.3, -0.25) is 4.79 Å². The first-order valence-corrected chi connectivity index (χ1v) is 9.00. The summed E-state index contributed by atoms with van der Waals surface area (Å²) in [6.07, 6.45) is 0.139. The zero-order chi connectivity index (χ0) is 16.4. The number of likely N-dealkylation sites (tertiary alicyclic amines) is 1. The van der Waals surface area contributed by atoms with Gasteiger partial charge >= 0.3 is 5.97 Å². The lowest BCUT2D eigenvalue weighted by molar-refractivity contribution is -0.165. The molecule has 1 aromatic carbocycles. The minimum atomic E-state index is -1.70. The quantitative estimate of drug-likeness (QED) is 0.816. The molecule has 2 aromatic rings. The number of nitrogens with zero attached hydrogens (tertiary/aromatic N) is 2. The number of fused-ring (bicyclic) bond motifs is 1. The lowest BCUT2D eigenvalue weighted by atomic mass is 9.92. The average molecular weight is 352 g/mol. The van der Waals surface area contributed by atoms with E-state index in [1.54, 1.807) is 16.2 Å². The zero-order valence-electron chi connectivity index (χ0n) is 12.3. The molecule has 0 bridgehead atoms. The van der Waals surface area contributed by atoms with Crippen molar-refractivity contribution in [2.75, 3.05) is 18.8 Å². The third kappa shape index (κ3) is 3.49. The molecule has 1 amide bonds. The van der Waals surface area contributed by atoms with Gasteiger partial charge in [0, 0.05) is 25.9 Å². The summed E-state index contributed by atoms with van der Waals surface area (Å²) >= 11 is 2.94. The molecule has 122 valence electrons. The van der Waals surface area contributed by atoms with E-state index in [0.29, 0.717) is 0 Å². The van der Waals surface area contributed by atoms with Crippen molar-refractivity contribution in [2.24, 2.45) is 0 Å². The molecule has 3 rings (SSSR count). The zero-order valence-corrected chi connectivity index (χ0v) is 13.9. The maximum absolute atomic E-state index is 12.2. The molecule has 0 atom stereocenters. The highest BCUT2D eigenvalue weighted by molar-refractivity contribution is 8.01. The summed E-state index contributed by atoms with van der Waals surface area (Å²) < 4.78 is 1.94. The van der Waals surface area contributed by atoms with Crippen molar-refractivity contribution in [1.29, 1.82) is 0 Å². The highest BCUT2D eigenvalue weighted by Gasteiger charge is 2.40. The van der Waals surface area contributed by atoms with Crippen molar-refractivity contribution in [3.05, 3.63) is 24.3 Å². The van der Waals surface area contributed by atoms with Gasteiger partial charge in [0.1, 0.15) is 0 Å². The number of carboxylic acid groups (broad SMARTS) is 1. The Morgan fingerprint density at radius 1 is 1.30 bits per heavy atom. The summed E-state index contributed by atoms with van der Waals surface area (Å²) in [7, 11) is 0. The van der Waals surface area contributed by atoms with E-state index in [9.17, 15) is 14.7 Å². The monoisotopic (exact) mass is 352 g/mol. The molecule has 0 aliphatic carbocycles. The SMILES string of the molecule is O=C(CSc1nc2ccccc2s1)N1CCC(O)(C(=O)O)CC1. The van der Waals surface area contributed by atoms with E-state index in [1.165, 1.54) is 11.8 Å². The predicted octanol–water partition coefficient (Wildman–Crippen LogP) is 1.83. The normalized spacial score (nSPS) is 17.3. The van der Waals surface area contributed by atoms with Gasteiger partial charge in [0.15, 0.2) is 9.94 Å². The molecule has 2 heterocycles. The van der Waals surface area contributed by atoms with Gasteiger partial charge in [-0.15, -0.1) is 11.3 Å². The first-order valence-electron chi connectivity index (χ1n) is 7.20. The number of thiazole rings is 1. The van der Waals surface area contributed by atoms with Crippen LogP contribution in [0.5, 0.6) is 0 Å². The molecule has 0 radical (unpaired) electrons. The van der Waals surface area contributed by atoms with Crippen molar-refractivity contribution in [2.45, 2.75) is 22.8 Å². The molecule has 1 saturated heterocycles. The third-order valence-electron chi connectivity index (χ3n) is 3.93. The number of thioether (sulfide) groups is 1. The highest BCUT2D eigenvalue weighted by atomic mass is 32.2. The summed E-state index contributed by atoms with van der Waals surface area (Å²) in [4.78, 5) is 29.3. The Labute approximate surface area is 141 Å². The number of rotatable bonds is 4. The number of aromatic nitrogens is 1. The van der Waals surface area contributed by atoms with E-state index in [0.717, 1.165) is 14.6 Å². The van der Waals surface area contributed by atoms with Crippen LogP contribution in [0.2, 0.25) is 0 Å². The minimum absolute atomic E-state index is 0.0540. The van der Waals surface area contributed by atoms with Crippen LogP contribution in [0.25, 0.3) is 10.2 Å². The van der Waals surface area contributed by atoms with Gasteiger partial charge in [0.2, 0.25) is 5.91 Å². The van der Waals surface area contributed by atoms with Crippen LogP contribution in [0.4, 0.5) is 0 Å². The number of piperidine rings is 1. The number of para-hydroxylation sites is 1. The largest absolute Gasteiger partial charge is 0.479 e. The second-order valence-corrected chi connectivity index (χ2v) is 7.71. The van der Waals surface area contributed by atoms with E-state index in [4.69, 9.17) is 5.11 Å². The van der Waals surface area contributed by atoms with Gasteiger partial charge in [-0.1, -0.05) is 23.9 Å². The van der Waals surface area contributed by atoms with E-state index in [-0.39, 0.29) is 37.6 Å². The maximum Gasteiger partial charge on any atom is 0.335 e. The van der Waals surface area contributed by atoms with Crippen LogP contribution in [-0.4, -0.2) is 56.4 Å². The number of amides is 1. The Bertz CT molecular complexity index is 705. The Morgan fingerprint density at radius 2 is 2.00 bits per heavy atom. The van der Waals surface area contributed by atoms with Crippen molar-refractivity contribution in [3.63, 3.8) is 0 Å². The lowest BCUT2D eigenvalue weighted by Crippen LogP contribution is -2.51. The van der Waals surface area contributed by atoms with Gasteiger partial charge in [0.05, 0.1) is 16.0 Å². The topological polar surface area (TPSA) is 90.7 Å². The molecular formula is C15H16N2O4S2. The molecule has 0 spiro atoms. The van der Waals surface area contributed by atoms with Gasteiger partial charge in [-0.05, 0) is 12.1 Å². The summed E-state index contributed by atoms with van der Waals surface area (Å²) in [6, 6.07) is 7.82. The number of carbonyl (C=O) groups excluding carboxylic acids is 1. The molecule has 0 unspecified atom stereocenters. The summed E-state index contributed by atoms with van der Waals surface area (Å²) in [5, 5.41) is 18.9. The summed E-state index contributed by atoms with van der Waals surface area (Å²) in [6.45, 7) is 0.532. The molecule has 8 heteroatoms.